The Hall–Kier alpha value is -0.950. The third kappa shape index (κ3) is 2.05. The van der Waals surface area contributed by atoms with E-state index in [-0.39, 0.29) is 23.5 Å². The van der Waals surface area contributed by atoms with Crippen LogP contribution in [0.4, 0.5) is 0 Å². The average molecular weight is 270 g/mol. The van der Waals surface area contributed by atoms with Gasteiger partial charge in [0.1, 0.15) is 21.5 Å². The summed E-state index contributed by atoms with van der Waals surface area (Å²) >= 11 is 0. The van der Waals surface area contributed by atoms with E-state index in [1.54, 1.807) is 0 Å². The highest BCUT2D eigenvalue weighted by atomic mass is 32.2. The van der Waals surface area contributed by atoms with Crippen molar-refractivity contribution in [3.63, 3.8) is 0 Å². The molecule has 100 valence electrons. The molecule has 7 heteroatoms. The molecule has 3 heterocycles. The van der Waals surface area contributed by atoms with Gasteiger partial charge in [-0.25, -0.2) is 8.42 Å². The first-order valence-electron chi connectivity index (χ1n) is 6.46. The van der Waals surface area contributed by atoms with Crippen LogP contribution >= 0.6 is 0 Å². The smallest absolute Gasteiger partial charge is 0.150 e. The molecule has 0 saturated carbocycles. The Morgan fingerprint density at radius 1 is 1.11 bits per heavy atom. The van der Waals surface area contributed by atoms with E-state index in [0.717, 1.165) is 31.0 Å². The zero-order valence-electron chi connectivity index (χ0n) is 10.2. The van der Waals surface area contributed by atoms with Gasteiger partial charge in [0, 0.05) is 12.5 Å². The molecule has 1 aromatic rings. The predicted molar refractivity (Wildman–Crippen MR) is 66.8 cm³/mol. The monoisotopic (exact) mass is 270 g/mol. The number of aromatic nitrogens is 3. The summed E-state index contributed by atoms with van der Waals surface area (Å²) in [7, 11) is -2.82. The SMILES string of the molecule is NC1CCCn2c1nnc2C1CCS(=O)(=O)CC1. The standard InChI is InChI=1S/C11H18N4O2S/c12-9-2-1-5-15-10(13-14-11(9)15)8-3-6-18(16,17)7-4-8/h8-9H,1-7,12H2. The third-order valence-electron chi connectivity index (χ3n) is 3.96. The van der Waals surface area contributed by atoms with Gasteiger partial charge in [0.25, 0.3) is 0 Å². The molecular weight excluding hydrogens is 252 g/mol. The van der Waals surface area contributed by atoms with Crippen molar-refractivity contribution >= 4 is 9.84 Å². The van der Waals surface area contributed by atoms with E-state index in [4.69, 9.17) is 5.73 Å². The fraction of sp³-hybridized carbons (Fsp3) is 0.818. The molecule has 18 heavy (non-hydrogen) atoms. The molecule has 0 spiro atoms. The molecule has 0 amide bonds. The Kier molecular flexibility index (Phi) is 2.90. The summed E-state index contributed by atoms with van der Waals surface area (Å²) in [6.45, 7) is 0.911. The maximum absolute atomic E-state index is 11.4. The number of nitrogens with two attached hydrogens (primary N) is 1. The summed E-state index contributed by atoms with van der Waals surface area (Å²) in [4.78, 5) is 0. The van der Waals surface area contributed by atoms with Gasteiger partial charge in [-0.2, -0.15) is 0 Å². The summed E-state index contributed by atoms with van der Waals surface area (Å²) < 4.78 is 25.0. The second-order valence-corrected chi connectivity index (χ2v) is 7.55. The molecule has 1 saturated heterocycles. The summed E-state index contributed by atoms with van der Waals surface area (Å²) in [6, 6.07) is -0.0210. The van der Waals surface area contributed by atoms with E-state index < -0.39 is 9.84 Å². The topological polar surface area (TPSA) is 90.9 Å². The van der Waals surface area contributed by atoms with Crippen molar-refractivity contribution in [1.82, 2.24) is 14.8 Å². The van der Waals surface area contributed by atoms with Crippen LogP contribution in [0.3, 0.4) is 0 Å². The van der Waals surface area contributed by atoms with Gasteiger partial charge in [-0.05, 0) is 25.7 Å². The first kappa shape index (κ1) is 12.1. The molecule has 0 bridgehead atoms. The Morgan fingerprint density at radius 3 is 2.50 bits per heavy atom. The summed E-state index contributed by atoms with van der Waals surface area (Å²) in [5.41, 5.74) is 6.01. The van der Waals surface area contributed by atoms with Gasteiger partial charge < -0.3 is 10.3 Å². The van der Waals surface area contributed by atoms with Crippen LogP contribution in [0.15, 0.2) is 0 Å². The zero-order chi connectivity index (χ0) is 12.8. The lowest BCUT2D eigenvalue weighted by Crippen LogP contribution is -2.27. The minimum Gasteiger partial charge on any atom is -0.321 e. The Bertz CT molecular complexity index is 537. The zero-order valence-corrected chi connectivity index (χ0v) is 11.1. The molecular formula is C11H18N4O2S. The van der Waals surface area contributed by atoms with Gasteiger partial charge in [-0.15, -0.1) is 10.2 Å². The van der Waals surface area contributed by atoms with E-state index in [2.05, 4.69) is 14.8 Å². The van der Waals surface area contributed by atoms with Crippen LogP contribution in [0.1, 0.15) is 49.3 Å². The fourth-order valence-electron chi connectivity index (χ4n) is 2.88. The molecule has 0 radical (unpaired) electrons. The van der Waals surface area contributed by atoms with E-state index >= 15 is 0 Å². The molecule has 2 N–H and O–H groups in total. The van der Waals surface area contributed by atoms with Gasteiger partial charge in [0.2, 0.25) is 0 Å². The van der Waals surface area contributed by atoms with Crippen LogP contribution in [0, 0.1) is 0 Å². The molecule has 1 atom stereocenters. The van der Waals surface area contributed by atoms with Crippen molar-refractivity contribution in [3.05, 3.63) is 11.6 Å². The largest absolute Gasteiger partial charge is 0.321 e. The lowest BCUT2D eigenvalue weighted by Gasteiger charge is -2.25. The average Bonchev–Trinajstić information content (AvgIpc) is 2.74. The van der Waals surface area contributed by atoms with Crippen LogP contribution in [0.5, 0.6) is 0 Å². The van der Waals surface area contributed by atoms with Crippen LogP contribution < -0.4 is 5.73 Å². The van der Waals surface area contributed by atoms with Crippen LogP contribution in [-0.4, -0.2) is 34.7 Å². The number of hydrogen-bond donors (Lipinski definition) is 1. The molecule has 1 unspecified atom stereocenters. The van der Waals surface area contributed by atoms with Crippen molar-refractivity contribution < 1.29 is 8.42 Å². The van der Waals surface area contributed by atoms with Crippen LogP contribution in [0.25, 0.3) is 0 Å². The molecule has 2 aliphatic rings. The van der Waals surface area contributed by atoms with Gasteiger partial charge in [0.05, 0.1) is 17.5 Å². The quantitative estimate of drug-likeness (QED) is 0.796. The number of sulfone groups is 1. The summed E-state index contributed by atoms with van der Waals surface area (Å²) in [6.07, 6.45) is 3.33. The molecule has 0 aromatic carbocycles. The van der Waals surface area contributed by atoms with Crippen molar-refractivity contribution in [2.24, 2.45) is 5.73 Å². The normalized spacial score (nSPS) is 27.9. The molecule has 2 aliphatic heterocycles. The van der Waals surface area contributed by atoms with Gasteiger partial charge >= 0.3 is 0 Å². The first-order valence-corrected chi connectivity index (χ1v) is 8.28. The molecule has 3 rings (SSSR count). The summed E-state index contributed by atoms with van der Waals surface area (Å²) in [5, 5.41) is 8.45. The minimum absolute atomic E-state index is 0.0210. The van der Waals surface area contributed by atoms with Gasteiger partial charge in [-0.1, -0.05) is 0 Å². The van der Waals surface area contributed by atoms with Crippen LogP contribution in [-0.2, 0) is 16.4 Å². The third-order valence-corrected chi connectivity index (χ3v) is 5.67. The maximum Gasteiger partial charge on any atom is 0.150 e. The lowest BCUT2D eigenvalue weighted by molar-refractivity contribution is 0.427. The van der Waals surface area contributed by atoms with Crippen molar-refractivity contribution in [1.29, 1.82) is 0 Å². The summed E-state index contributed by atoms with van der Waals surface area (Å²) in [5.74, 6) is 2.57. The number of rotatable bonds is 1. The van der Waals surface area contributed by atoms with Gasteiger partial charge in [-0.3, -0.25) is 0 Å². The highest BCUT2D eigenvalue weighted by Gasteiger charge is 2.31. The van der Waals surface area contributed by atoms with E-state index in [9.17, 15) is 8.42 Å². The second kappa shape index (κ2) is 4.31. The number of hydrogen-bond acceptors (Lipinski definition) is 5. The van der Waals surface area contributed by atoms with Crippen molar-refractivity contribution in [2.45, 2.75) is 44.2 Å². The van der Waals surface area contributed by atoms with E-state index in [1.807, 2.05) is 0 Å². The Labute approximate surface area is 106 Å². The van der Waals surface area contributed by atoms with Crippen LogP contribution in [0.2, 0.25) is 0 Å². The molecule has 6 nitrogen and oxygen atoms in total. The molecule has 1 fully saturated rings. The van der Waals surface area contributed by atoms with Gasteiger partial charge in [0.15, 0.2) is 0 Å². The highest BCUT2D eigenvalue weighted by molar-refractivity contribution is 7.91. The first-order chi connectivity index (χ1) is 8.57. The fourth-order valence-corrected chi connectivity index (χ4v) is 4.37. The number of fused-ring (bicyclic) bond motifs is 1. The van der Waals surface area contributed by atoms with Crippen molar-refractivity contribution in [2.75, 3.05) is 11.5 Å². The second-order valence-electron chi connectivity index (χ2n) is 5.24. The maximum atomic E-state index is 11.4. The Morgan fingerprint density at radius 2 is 1.78 bits per heavy atom. The number of nitrogens with zero attached hydrogens (tertiary/aromatic N) is 3. The molecule has 1 aromatic heterocycles. The lowest BCUT2D eigenvalue weighted by atomic mass is 10.0. The predicted octanol–water partition coefficient (Wildman–Crippen LogP) is 0.364. The molecule has 0 aliphatic carbocycles. The minimum atomic E-state index is -2.82. The Balaban J connectivity index is 1.86. The van der Waals surface area contributed by atoms with E-state index in [0.29, 0.717) is 12.8 Å². The highest BCUT2D eigenvalue weighted by Crippen LogP contribution is 2.31. The van der Waals surface area contributed by atoms with E-state index in [1.165, 1.54) is 0 Å². The van der Waals surface area contributed by atoms with Crippen molar-refractivity contribution in [3.8, 4) is 0 Å².